The average Bonchev–Trinajstić information content (AvgIpc) is 2.67. The molecule has 1 aromatic carbocycles. The number of hydrogen-bond donors (Lipinski definition) is 1. The molecule has 1 unspecified atom stereocenters. The number of hydrogen-bond acceptors (Lipinski definition) is 2. The van der Waals surface area contributed by atoms with Gasteiger partial charge in [-0.15, -0.1) is 5.92 Å². The summed E-state index contributed by atoms with van der Waals surface area (Å²) in [5, 5.41) is 9.07. The van der Waals surface area contributed by atoms with Crippen molar-refractivity contribution in [2.75, 3.05) is 6.61 Å². The van der Waals surface area contributed by atoms with Gasteiger partial charge in [0.05, 0.1) is 18.9 Å². The second kappa shape index (κ2) is 11.3. The number of benzene rings is 1. The van der Waals surface area contributed by atoms with E-state index in [0.717, 1.165) is 17.9 Å². The zero-order chi connectivity index (χ0) is 19.1. The molecule has 148 valence electrons. The Balaban J connectivity index is 0.00000280. The molecule has 3 nitrogen and oxygen atoms in total. The van der Waals surface area contributed by atoms with Crippen LogP contribution in [0.15, 0.2) is 24.3 Å². The van der Waals surface area contributed by atoms with Crippen LogP contribution in [-0.4, -0.2) is 47.2 Å². The summed E-state index contributed by atoms with van der Waals surface area (Å²) in [4.78, 5) is 11.0. The van der Waals surface area contributed by atoms with Gasteiger partial charge in [-0.1, -0.05) is 43.7 Å². The molecule has 4 heteroatoms. The fourth-order valence-corrected chi connectivity index (χ4v) is 5.09. The summed E-state index contributed by atoms with van der Waals surface area (Å²) < 4.78 is 6.10. The number of carboxylic acid groups (broad SMARTS) is 1. The standard InChI is InChI=1S/C24H32O3.Na.H/c1-2-7-21(16-23(25)26)20-9-11-22(12-10-20)27-18-19-8-6-15-24(17-19)13-4-3-5-14-24;;/h9-12,19,21H,3-6,8,13-18H2,1H3,(H,25,26);;/t19?,21-;;/m0../s1. The fourth-order valence-electron chi connectivity index (χ4n) is 5.09. The molecule has 2 aliphatic carbocycles. The molecule has 0 amide bonds. The van der Waals surface area contributed by atoms with E-state index in [2.05, 4.69) is 11.8 Å². The first-order valence-corrected chi connectivity index (χ1v) is 10.5. The van der Waals surface area contributed by atoms with Crippen LogP contribution in [0, 0.1) is 23.2 Å². The van der Waals surface area contributed by atoms with Crippen molar-refractivity contribution in [1.29, 1.82) is 0 Å². The van der Waals surface area contributed by atoms with Crippen LogP contribution in [0.4, 0.5) is 0 Å². The molecule has 2 atom stereocenters. The molecule has 0 bridgehead atoms. The third kappa shape index (κ3) is 6.55. The summed E-state index contributed by atoms with van der Waals surface area (Å²) >= 11 is 0. The summed E-state index contributed by atoms with van der Waals surface area (Å²) in [5.41, 5.74) is 1.55. The van der Waals surface area contributed by atoms with Crippen LogP contribution in [0.5, 0.6) is 5.75 Å². The number of carboxylic acids is 1. The molecule has 2 saturated carbocycles. The predicted molar refractivity (Wildman–Crippen MR) is 115 cm³/mol. The first-order chi connectivity index (χ1) is 13.1. The second-order valence-corrected chi connectivity index (χ2v) is 8.45. The van der Waals surface area contributed by atoms with E-state index in [9.17, 15) is 4.79 Å². The van der Waals surface area contributed by atoms with Crippen LogP contribution >= 0.6 is 0 Å². The van der Waals surface area contributed by atoms with Gasteiger partial charge in [0, 0.05) is 0 Å². The zero-order valence-corrected chi connectivity index (χ0v) is 16.5. The minimum atomic E-state index is -0.822. The van der Waals surface area contributed by atoms with Gasteiger partial charge in [-0.25, -0.2) is 0 Å². The molecule has 0 aromatic heterocycles. The van der Waals surface area contributed by atoms with Crippen LogP contribution in [0.1, 0.15) is 82.6 Å². The van der Waals surface area contributed by atoms with Gasteiger partial charge in [-0.2, -0.15) is 0 Å². The van der Waals surface area contributed by atoms with E-state index >= 15 is 0 Å². The van der Waals surface area contributed by atoms with Gasteiger partial charge in [-0.3, -0.25) is 4.79 Å². The third-order valence-corrected chi connectivity index (χ3v) is 6.42. The summed E-state index contributed by atoms with van der Waals surface area (Å²) in [5.74, 6) is 6.30. The average molecular weight is 393 g/mol. The Morgan fingerprint density at radius 1 is 1.18 bits per heavy atom. The Kier molecular flexibility index (Phi) is 9.41. The molecule has 3 rings (SSSR count). The van der Waals surface area contributed by atoms with Gasteiger partial charge in [0.25, 0.3) is 0 Å². The van der Waals surface area contributed by atoms with E-state index < -0.39 is 5.97 Å². The quantitative estimate of drug-likeness (QED) is 0.539. The van der Waals surface area contributed by atoms with Crippen LogP contribution in [-0.2, 0) is 4.79 Å². The van der Waals surface area contributed by atoms with Gasteiger partial charge in [0.15, 0.2) is 0 Å². The van der Waals surface area contributed by atoms with Crippen molar-refractivity contribution in [2.45, 2.75) is 77.0 Å². The van der Waals surface area contributed by atoms with Crippen molar-refractivity contribution in [2.24, 2.45) is 11.3 Å². The van der Waals surface area contributed by atoms with E-state index in [1.165, 1.54) is 57.8 Å². The molecular formula is C24H33NaO3. The van der Waals surface area contributed by atoms with Crippen molar-refractivity contribution in [3.8, 4) is 17.6 Å². The third-order valence-electron chi connectivity index (χ3n) is 6.42. The molecule has 1 N–H and O–H groups in total. The van der Waals surface area contributed by atoms with Gasteiger partial charge in [0.2, 0.25) is 0 Å². The van der Waals surface area contributed by atoms with Crippen LogP contribution in [0.25, 0.3) is 0 Å². The van der Waals surface area contributed by atoms with Crippen molar-refractivity contribution in [3.05, 3.63) is 29.8 Å². The SMILES string of the molecule is CC#C[C@@H](CC(=O)O)c1ccc(OCC2CCCC3(CCCCC3)C2)cc1.[NaH]. The molecular weight excluding hydrogens is 359 g/mol. The van der Waals surface area contributed by atoms with Crippen molar-refractivity contribution < 1.29 is 14.6 Å². The molecule has 0 saturated heterocycles. The first kappa shape index (κ1) is 23.3. The molecule has 2 fully saturated rings. The zero-order valence-electron chi connectivity index (χ0n) is 16.5. The summed E-state index contributed by atoms with van der Waals surface area (Å²) in [7, 11) is 0. The monoisotopic (exact) mass is 392 g/mol. The van der Waals surface area contributed by atoms with E-state index in [1.807, 2.05) is 24.3 Å². The maximum absolute atomic E-state index is 11.0. The topological polar surface area (TPSA) is 46.5 Å². The second-order valence-electron chi connectivity index (χ2n) is 8.45. The van der Waals surface area contributed by atoms with Crippen molar-refractivity contribution >= 4 is 35.5 Å². The fraction of sp³-hybridized carbons (Fsp3) is 0.625. The molecule has 1 aromatic rings. The Morgan fingerprint density at radius 3 is 2.50 bits per heavy atom. The molecule has 0 heterocycles. The predicted octanol–water partition coefficient (Wildman–Crippen LogP) is 5.14. The van der Waals surface area contributed by atoms with E-state index in [0.29, 0.717) is 11.3 Å². The summed E-state index contributed by atoms with van der Waals surface area (Å²) in [6.45, 7) is 2.55. The number of aliphatic carboxylic acids is 1. The maximum atomic E-state index is 11.0. The molecule has 1 spiro atoms. The van der Waals surface area contributed by atoms with Gasteiger partial charge in [0.1, 0.15) is 5.75 Å². The van der Waals surface area contributed by atoms with E-state index in [-0.39, 0.29) is 41.9 Å². The molecule has 0 radical (unpaired) electrons. The molecule has 28 heavy (non-hydrogen) atoms. The van der Waals surface area contributed by atoms with Crippen LogP contribution < -0.4 is 4.74 Å². The van der Waals surface area contributed by atoms with E-state index in [4.69, 9.17) is 9.84 Å². The van der Waals surface area contributed by atoms with Crippen molar-refractivity contribution in [1.82, 2.24) is 0 Å². The number of rotatable bonds is 6. The van der Waals surface area contributed by atoms with Gasteiger partial charge in [-0.05, 0) is 68.1 Å². The first-order valence-electron chi connectivity index (χ1n) is 10.5. The summed E-state index contributed by atoms with van der Waals surface area (Å²) in [6.07, 6.45) is 12.5. The minimum absolute atomic E-state index is 0. The molecule has 2 aliphatic rings. The van der Waals surface area contributed by atoms with E-state index in [1.54, 1.807) is 6.92 Å². The van der Waals surface area contributed by atoms with Gasteiger partial charge < -0.3 is 9.84 Å². The Labute approximate surface area is 191 Å². The number of ether oxygens (including phenoxy) is 1. The Bertz CT molecular complexity index is 675. The van der Waals surface area contributed by atoms with Gasteiger partial charge >= 0.3 is 35.5 Å². The summed E-state index contributed by atoms with van der Waals surface area (Å²) in [6, 6.07) is 7.83. The normalized spacial score (nSPS) is 21.7. The van der Waals surface area contributed by atoms with Crippen LogP contribution in [0.3, 0.4) is 0 Å². The number of carbonyl (C=O) groups is 1. The Hall–Kier alpha value is -0.950. The molecule has 0 aliphatic heterocycles. The Morgan fingerprint density at radius 2 is 1.86 bits per heavy atom. The van der Waals surface area contributed by atoms with Crippen molar-refractivity contribution in [3.63, 3.8) is 0 Å². The van der Waals surface area contributed by atoms with Crippen LogP contribution in [0.2, 0.25) is 0 Å².